The molecule has 0 rings (SSSR count). The Morgan fingerprint density at radius 1 is 1.25 bits per heavy atom. The molecule has 0 heterocycles. The summed E-state index contributed by atoms with van der Waals surface area (Å²) in [6, 6.07) is 0. The molecular weight excluding hydrogens is 152 g/mol. The van der Waals surface area contributed by atoms with Gasteiger partial charge >= 0.3 is 0 Å². The summed E-state index contributed by atoms with van der Waals surface area (Å²) in [6.07, 6.45) is 6.64. The molecule has 0 atom stereocenters. The van der Waals surface area contributed by atoms with Crippen LogP contribution in [0.3, 0.4) is 0 Å². The van der Waals surface area contributed by atoms with Gasteiger partial charge in [0.15, 0.2) is 0 Å². The summed E-state index contributed by atoms with van der Waals surface area (Å²) in [5, 5.41) is 0. The van der Waals surface area contributed by atoms with Crippen LogP contribution in [0.25, 0.3) is 0 Å². The molecule has 0 saturated carbocycles. The van der Waals surface area contributed by atoms with E-state index in [9.17, 15) is 0 Å². The molecule has 0 aliphatic heterocycles. The van der Waals surface area contributed by atoms with Crippen LogP contribution in [0, 0.1) is 0 Å². The highest BCUT2D eigenvalue weighted by molar-refractivity contribution is 4.88. The molecule has 2 heteroatoms. The summed E-state index contributed by atoms with van der Waals surface area (Å²) in [5.41, 5.74) is 0. The molecule has 0 fully saturated rings. The quantitative estimate of drug-likeness (QED) is 0.253. The van der Waals surface area contributed by atoms with Crippen molar-refractivity contribution in [2.45, 2.75) is 46.5 Å². The molecule has 12 heavy (non-hydrogen) atoms. The topological polar surface area (TPSA) is 18.5 Å². The van der Waals surface area contributed by atoms with E-state index in [1.165, 1.54) is 19.3 Å². The highest BCUT2D eigenvalue weighted by Gasteiger charge is 1.97. The fourth-order valence-corrected chi connectivity index (χ4v) is 0.918. The van der Waals surface area contributed by atoms with Gasteiger partial charge in [-0.2, -0.15) is 4.89 Å². The number of rotatable bonds is 7. The molecule has 0 bridgehead atoms. The Bertz CT molecular complexity index is 119. The van der Waals surface area contributed by atoms with Gasteiger partial charge in [-0.1, -0.05) is 19.8 Å². The molecule has 2 nitrogen and oxygen atoms in total. The minimum Gasteiger partial charge on any atom is -0.342 e. The molecule has 0 N–H and O–H groups in total. The van der Waals surface area contributed by atoms with E-state index in [-0.39, 0.29) is 0 Å². The van der Waals surface area contributed by atoms with E-state index in [1.807, 2.05) is 19.9 Å². The van der Waals surface area contributed by atoms with Crippen molar-refractivity contribution >= 4 is 0 Å². The Hall–Kier alpha value is -0.500. The van der Waals surface area contributed by atoms with E-state index in [0.29, 0.717) is 6.61 Å². The lowest BCUT2D eigenvalue weighted by Gasteiger charge is -2.06. The standard InChI is InChI=1S/C10H20O2/c1-4-7-8-9-10(5-2)12-11-6-3/h5H,4,6-9H2,1-3H3/b10-5+. The fraction of sp³-hybridized carbons (Fsp3) is 0.800. The van der Waals surface area contributed by atoms with Gasteiger partial charge < -0.3 is 4.89 Å². The second kappa shape index (κ2) is 8.60. The zero-order valence-electron chi connectivity index (χ0n) is 8.43. The van der Waals surface area contributed by atoms with Gasteiger partial charge in [0.1, 0.15) is 5.76 Å². The Morgan fingerprint density at radius 3 is 2.50 bits per heavy atom. The first-order valence-electron chi connectivity index (χ1n) is 4.79. The molecular formula is C10H20O2. The van der Waals surface area contributed by atoms with Crippen molar-refractivity contribution in [3.63, 3.8) is 0 Å². The van der Waals surface area contributed by atoms with Gasteiger partial charge in [0, 0.05) is 6.42 Å². The Kier molecular flexibility index (Phi) is 8.24. The number of unbranched alkanes of at least 4 members (excludes halogenated alkanes) is 2. The second-order valence-corrected chi connectivity index (χ2v) is 2.70. The Morgan fingerprint density at radius 2 is 2.00 bits per heavy atom. The SMILES string of the molecule is C/C=C(\CCCCC)OOCC. The lowest BCUT2D eigenvalue weighted by molar-refractivity contribution is -0.260. The first kappa shape index (κ1) is 11.5. The van der Waals surface area contributed by atoms with Crippen molar-refractivity contribution in [3.05, 3.63) is 11.8 Å². The third-order valence-corrected chi connectivity index (χ3v) is 1.63. The van der Waals surface area contributed by atoms with Gasteiger partial charge in [0.05, 0.1) is 6.61 Å². The average Bonchev–Trinajstić information content (AvgIpc) is 2.11. The van der Waals surface area contributed by atoms with Crippen LogP contribution in [0.1, 0.15) is 46.5 Å². The van der Waals surface area contributed by atoms with Crippen LogP contribution >= 0.6 is 0 Å². The van der Waals surface area contributed by atoms with E-state index in [1.54, 1.807) is 0 Å². The monoisotopic (exact) mass is 172 g/mol. The van der Waals surface area contributed by atoms with Crippen LogP contribution < -0.4 is 0 Å². The largest absolute Gasteiger partial charge is 0.342 e. The van der Waals surface area contributed by atoms with Gasteiger partial charge in [-0.05, 0) is 26.3 Å². The summed E-state index contributed by atoms with van der Waals surface area (Å²) in [4.78, 5) is 9.90. The van der Waals surface area contributed by atoms with Crippen molar-refractivity contribution < 1.29 is 9.78 Å². The predicted octanol–water partition coefficient (Wildman–Crippen LogP) is 3.44. The summed E-state index contributed by atoms with van der Waals surface area (Å²) in [5.74, 6) is 0.949. The van der Waals surface area contributed by atoms with Crippen molar-refractivity contribution in [1.29, 1.82) is 0 Å². The average molecular weight is 172 g/mol. The molecule has 0 saturated heterocycles. The van der Waals surface area contributed by atoms with E-state index >= 15 is 0 Å². The molecule has 72 valence electrons. The smallest absolute Gasteiger partial charge is 0.138 e. The van der Waals surface area contributed by atoms with Crippen LogP contribution in [-0.2, 0) is 9.78 Å². The van der Waals surface area contributed by atoms with E-state index < -0.39 is 0 Å². The Labute approximate surface area is 75.5 Å². The van der Waals surface area contributed by atoms with Gasteiger partial charge in [0.2, 0.25) is 0 Å². The zero-order chi connectivity index (χ0) is 9.23. The lowest BCUT2D eigenvalue weighted by atomic mass is 10.2. The van der Waals surface area contributed by atoms with Crippen LogP contribution in [0.2, 0.25) is 0 Å². The first-order chi connectivity index (χ1) is 5.85. The van der Waals surface area contributed by atoms with Gasteiger partial charge in [0.25, 0.3) is 0 Å². The number of hydrogen-bond donors (Lipinski definition) is 0. The molecule has 0 aromatic heterocycles. The van der Waals surface area contributed by atoms with E-state index in [4.69, 9.17) is 9.78 Å². The maximum Gasteiger partial charge on any atom is 0.138 e. The maximum atomic E-state index is 5.05. The fourth-order valence-electron chi connectivity index (χ4n) is 0.918. The third-order valence-electron chi connectivity index (χ3n) is 1.63. The van der Waals surface area contributed by atoms with Crippen LogP contribution in [0.4, 0.5) is 0 Å². The predicted molar refractivity (Wildman–Crippen MR) is 50.6 cm³/mol. The van der Waals surface area contributed by atoms with Gasteiger partial charge in [-0.15, -0.1) is 0 Å². The first-order valence-corrected chi connectivity index (χ1v) is 4.79. The second-order valence-electron chi connectivity index (χ2n) is 2.70. The highest BCUT2D eigenvalue weighted by atomic mass is 17.2. The van der Waals surface area contributed by atoms with Gasteiger partial charge in [-0.3, -0.25) is 0 Å². The summed E-state index contributed by atoms with van der Waals surface area (Å²) in [6.45, 7) is 6.68. The molecule has 0 spiro atoms. The van der Waals surface area contributed by atoms with Crippen LogP contribution in [-0.4, -0.2) is 6.61 Å². The van der Waals surface area contributed by atoms with Crippen molar-refractivity contribution in [1.82, 2.24) is 0 Å². The molecule has 0 unspecified atom stereocenters. The summed E-state index contributed by atoms with van der Waals surface area (Å²) < 4.78 is 0. The van der Waals surface area contributed by atoms with Crippen molar-refractivity contribution in [2.24, 2.45) is 0 Å². The zero-order valence-corrected chi connectivity index (χ0v) is 8.43. The van der Waals surface area contributed by atoms with Crippen molar-refractivity contribution in [3.8, 4) is 0 Å². The summed E-state index contributed by atoms with van der Waals surface area (Å²) >= 11 is 0. The number of allylic oxidation sites excluding steroid dienone is 2. The van der Waals surface area contributed by atoms with Crippen molar-refractivity contribution in [2.75, 3.05) is 6.61 Å². The summed E-state index contributed by atoms with van der Waals surface area (Å²) in [7, 11) is 0. The minimum absolute atomic E-state index is 0.602. The minimum atomic E-state index is 0.602. The molecule has 0 aliphatic rings. The van der Waals surface area contributed by atoms with Gasteiger partial charge in [-0.25, -0.2) is 0 Å². The molecule has 0 amide bonds. The van der Waals surface area contributed by atoms with Crippen LogP contribution in [0.5, 0.6) is 0 Å². The molecule has 0 aliphatic carbocycles. The van der Waals surface area contributed by atoms with E-state index in [2.05, 4.69) is 6.92 Å². The molecule has 0 aromatic carbocycles. The third kappa shape index (κ3) is 6.23. The lowest BCUT2D eigenvalue weighted by Crippen LogP contribution is -1.94. The molecule has 0 radical (unpaired) electrons. The van der Waals surface area contributed by atoms with E-state index in [0.717, 1.165) is 12.2 Å². The maximum absolute atomic E-state index is 5.05. The number of hydrogen-bond acceptors (Lipinski definition) is 2. The normalized spacial score (nSPS) is 11.8. The Balaban J connectivity index is 3.41. The highest BCUT2D eigenvalue weighted by Crippen LogP contribution is 2.10. The van der Waals surface area contributed by atoms with Crippen LogP contribution in [0.15, 0.2) is 11.8 Å². The molecule has 0 aromatic rings.